The molecule has 0 spiro atoms. The van der Waals surface area contributed by atoms with E-state index in [1.165, 1.54) is 6.92 Å². The molecule has 1 aliphatic heterocycles. The number of aryl methyl sites for hydroxylation is 1. The molecule has 0 bridgehead atoms. The molecule has 1 aliphatic rings. The number of aromatic amines is 1. The maximum Gasteiger partial charge on any atom is 0.344 e. The molecule has 2 heterocycles. The predicted octanol–water partition coefficient (Wildman–Crippen LogP) is -2.03. The summed E-state index contributed by atoms with van der Waals surface area (Å²) in [5.41, 5.74) is -0.873. The zero-order chi connectivity index (χ0) is 12.4. The lowest BCUT2D eigenvalue weighted by Crippen LogP contribution is -2.37. The van der Waals surface area contributed by atoms with Crippen LogP contribution >= 0.6 is 0 Å². The van der Waals surface area contributed by atoms with Crippen molar-refractivity contribution in [3.63, 3.8) is 0 Å². The van der Waals surface area contributed by atoms with E-state index in [0.29, 0.717) is 0 Å². The normalized spacial score (nSPS) is 24.1. The molecule has 94 valence electrons. The van der Waals surface area contributed by atoms with Gasteiger partial charge >= 0.3 is 5.69 Å². The van der Waals surface area contributed by atoms with Gasteiger partial charge in [0.25, 0.3) is 5.56 Å². The van der Waals surface area contributed by atoms with E-state index < -0.39 is 17.5 Å². The number of aromatic nitrogens is 3. The molecule has 0 aliphatic carbocycles. The molecule has 1 aromatic heterocycles. The lowest BCUT2D eigenvalue weighted by atomic mass is 10.4. The molecule has 0 unspecified atom stereocenters. The van der Waals surface area contributed by atoms with Gasteiger partial charge in [0.05, 0.1) is 19.8 Å². The van der Waals surface area contributed by atoms with Crippen LogP contribution < -0.4 is 11.2 Å². The zero-order valence-electron chi connectivity index (χ0n) is 9.25. The summed E-state index contributed by atoms with van der Waals surface area (Å²) in [4.78, 5) is 24.7. The van der Waals surface area contributed by atoms with Crippen molar-refractivity contribution in [2.45, 2.75) is 25.9 Å². The molecule has 2 rings (SSSR count). The van der Waals surface area contributed by atoms with Crippen LogP contribution in [0.3, 0.4) is 0 Å². The molecule has 0 aromatic carbocycles. The molecule has 8 heteroatoms. The number of nitrogens with one attached hydrogen (secondary N) is 1. The van der Waals surface area contributed by atoms with Gasteiger partial charge in [0, 0.05) is 0 Å². The number of ether oxygens (including phenoxy) is 2. The average molecular weight is 243 g/mol. The molecule has 17 heavy (non-hydrogen) atoms. The molecular weight excluding hydrogens is 230 g/mol. The summed E-state index contributed by atoms with van der Waals surface area (Å²) in [5, 5.41) is 12.7. The summed E-state index contributed by atoms with van der Waals surface area (Å²) in [7, 11) is 0. The van der Waals surface area contributed by atoms with Crippen molar-refractivity contribution < 1.29 is 14.6 Å². The Kier molecular flexibility index (Phi) is 3.36. The number of H-pyrrole nitrogens is 1. The average Bonchev–Trinajstić information content (AvgIpc) is 2.73. The number of nitrogens with zero attached hydrogens (tertiary/aromatic N) is 2. The Labute approximate surface area is 95.8 Å². The van der Waals surface area contributed by atoms with Crippen LogP contribution in [0.15, 0.2) is 9.59 Å². The lowest BCUT2D eigenvalue weighted by Gasteiger charge is -2.10. The first-order valence-electron chi connectivity index (χ1n) is 5.16. The van der Waals surface area contributed by atoms with Crippen LogP contribution in [0.25, 0.3) is 0 Å². The van der Waals surface area contributed by atoms with Crippen molar-refractivity contribution in [3.8, 4) is 0 Å². The number of aliphatic hydroxyl groups is 1. The summed E-state index contributed by atoms with van der Waals surface area (Å²) in [6, 6.07) is 0. The van der Waals surface area contributed by atoms with Gasteiger partial charge in [-0.1, -0.05) is 0 Å². The van der Waals surface area contributed by atoms with Gasteiger partial charge in [-0.25, -0.2) is 9.48 Å². The Hall–Kier alpha value is -1.51. The topological polar surface area (TPSA) is 106 Å². The summed E-state index contributed by atoms with van der Waals surface area (Å²) >= 11 is 0. The molecule has 2 N–H and O–H groups in total. The van der Waals surface area contributed by atoms with Crippen LogP contribution in [0, 0.1) is 6.92 Å². The van der Waals surface area contributed by atoms with Gasteiger partial charge in [-0.15, -0.1) is 0 Å². The second kappa shape index (κ2) is 4.78. The first-order chi connectivity index (χ1) is 8.10. The molecule has 8 nitrogen and oxygen atoms in total. The second-order valence-corrected chi connectivity index (χ2v) is 3.73. The van der Waals surface area contributed by atoms with Crippen LogP contribution in [-0.4, -0.2) is 45.5 Å². The third-order valence-electron chi connectivity index (χ3n) is 2.39. The van der Waals surface area contributed by atoms with E-state index >= 15 is 0 Å². The van der Waals surface area contributed by atoms with Gasteiger partial charge in [0.1, 0.15) is 11.8 Å². The highest BCUT2D eigenvalue weighted by atomic mass is 16.7. The third-order valence-corrected chi connectivity index (χ3v) is 2.39. The molecular formula is C9H13N3O5. The van der Waals surface area contributed by atoms with Crippen LogP contribution in [0.4, 0.5) is 0 Å². The molecule has 2 atom stereocenters. The van der Waals surface area contributed by atoms with Gasteiger partial charge in [-0.2, -0.15) is 5.10 Å². The summed E-state index contributed by atoms with van der Waals surface area (Å²) in [6.45, 7) is 1.73. The van der Waals surface area contributed by atoms with E-state index in [2.05, 4.69) is 10.1 Å². The Bertz CT molecular complexity index is 508. The molecule has 0 radical (unpaired) electrons. The smallest absolute Gasteiger partial charge is 0.344 e. The van der Waals surface area contributed by atoms with E-state index in [1.807, 2.05) is 0 Å². The number of rotatable bonds is 3. The fraction of sp³-hybridized carbons (Fsp3) is 0.667. The second-order valence-electron chi connectivity index (χ2n) is 3.73. The van der Waals surface area contributed by atoms with Crippen LogP contribution in [-0.2, 0) is 16.0 Å². The van der Waals surface area contributed by atoms with E-state index in [9.17, 15) is 9.59 Å². The van der Waals surface area contributed by atoms with Gasteiger partial charge in [0.15, 0.2) is 6.29 Å². The highest BCUT2D eigenvalue weighted by Crippen LogP contribution is 2.11. The van der Waals surface area contributed by atoms with E-state index in [4.69, 9.17) is 14.6 Å². The standard InChI is InChI=1S/C9H13N3O5/c1-5-8(14)10-9(15)12(11-5)2-6-4-16-7(3-13)17-6/h6-7,13H,2-4H2,1H3,(H,10,14,15)/t6-,7-/m0/s1. The Morgan fingerprint density at radius 2 is 2.35 bits per heavy atom. The van der Waals surface area contributed by atoms with Gasteiger partial charge in [-0.05, 0) is 6.92 Å². The monoisotopic (exact) mass is 243 g/mol. The SMILES string of the molecule is Cc1nn(C[C@H]2CO[C@H](CO)O2)c(=O)[nH]c1=O. The quantitative estimate of drug-likeness (QED) is 0.634. The van der Waals surface area contributed by atoms with E-state index in [-0.39, 0.29) is 31.6 Å². The van der Waals surface area contributed by atoms with Crippen molar-refractivity contribution in [3.05, 3.63) is 26.5 Å². The Balaban J connectivity index is 2.12. The lowest BCUT2D eigenvalue weighted by molar-refractivity contribution is -0.0897. The third kappa shape index (κ3) is 2.60. The molecule has 1 saturated heterocycles. The van der Waals surface area contributed by atoms with Crippen LogP contribution in [0.5, 0.6) is 0 Å². The largest absolute Gasteiger partial charge is 0.391 e. The predicted molar refractivity (Wildman–Crippen MR) is 55.6 cm³/mol. The maximum atomic E-state index is 11.4. The summed E-state index contributed by atoms with van der Waals surface area (Å²) < 4.78 is 11.5. The van der Waals surface area contributed by atoms with Crippen LogP contribution in [0.2, 0.25) is 0 Å². The van der Waals surface area contributed by atoms with Crippen molar-refractivity contribution in [1.29, 1.82) is 0 Å². The van der Waals surface area contributed by atoms with Gasteiger partial charge < -0.3 is 14.6 Å². The fourth-order valence-electron chi connectivity index (χ4n) is 1.54. The molecule has 1 fully saturated rings. The first-order valence-corrected chi connectivity index (χ1v) is 5.16. The van der Waals surface area contributed by atoms with Gasteiger partial charge in [0.2, 0.25) is 0 Å². The number of aliphatic hydroxyl groups excluding tert-OH is 1. The minimum atomic E-state index is -0.653. The number of hydrogen-bond donors (Lipinski definition) is 2. The minimum absolute atomic E-state index is 0.174. The highest BCUT2D eigenvalue weighted by molar-refractivity contribution is 4.88. The molecule has 1 aromatic rings. The summed E-state index contributed by atoms with van der Waals surface area (Å²) in [6.07, 6.45) is -1.01. The highest BCUT2D eigenvalue weighted by Gasteiger charge is 2.26. The zero-order valence-corrected chi connectivity index (χ0v) is 9.25. The maximum absolute atomic E-state index is 11.4. The minimum Gasteiger partial charge on any atom is -0.391 e. The van der Waals surface area contributed by atoms with Crippen molar-refractivity contribution >= 4 is 0 Å². The molecule has 0 amide bonds. The van der Waals surface area contributed by atoms with Crippen molar-refractivity contribution in [2.75, 3.05) is 13.2 Å². The van der Waals surface area contributed by atoms with Crippen molar-refractivity contribution in [1.82, 2.24) is 14.8 Å². The van der Waals surface area contributed by atoms with Gasteiger partial charge in [-0.3, -0.25) is 9.78 Å². The Morgan fingerprint density at radius 1 is 1.59 bits per heavy atom. The summed E-state index contributed by atoms with van der Waals surface area (Å²) in [5.74, 6) is 0. The first kappa shape index (κ1) is 12.0. The fourth-order valence-corrected chi connectivity index (χ4v) is 1.54. The van der Waals surface area contributed by atoms with Crippen LogP contribution in [0.1, 0.15) is 5.69 Å². The molecule has 0 saturated carbocycles. The Morgan fingerprint density at radius 3 is 3.00 bits per heavy atom. The van der Waals surface area contributed by atoms with E-state index in [1.54, 1.807) is 0 Å². The van der Waals surface area contributed by atoms with E-state index in [0.717, 1.165) is 4.68 Å². The number of hydrogen-bond acceptors (Lipinski definition) is 6. The van der Waals surface area contributed by atoms with Crippen molar-refractivity contribution in [2.24, 2.45) is 0 Å².